The molecule has 6 nitrogen and oxygen atoms in total. The maximum absolute atomic E-state index is 13.1. The van der Waals surface area contributed by atoms with Crippen LogP contribution in [0.4, 0.5) is 0 Å². The number of ketones is 1. The molecule has 1 aromatic heterocycles. The van der Waals surface area contributed by atoms with Crippen LogP contribution in [0.3, 0.4) is 0 Å². The number of likely N-dealkylation sites (tertiary alicyclic amines) is 1. The first-order valence-corrected chi connectivity index (χ1v) is 9.19. The lowest BCUT2D eigenvalue weighted by atomic mass is 10.1. The van der Waals surface area contributed by atoms with Crippen molar-refractivity contribution in [1.29, 1.82) is 0 Å². The van der Waals surface area contributed by atoms with Crippen molar-refractivity contribution in [1.82, 2.24) is 9.47 Å². The minimum Gasteiger partial charge on any atom is -0.443 e. The van der Waals surface area contributed by atoms with Gasteiger partial charge in [0.25, 0.3) is 5.91 Å². The summed E-state index contributed by atoms with van der Waals surface area (Å²) in [7, 11) is 1.67. The number of esters is 1. The van der Waals surface area contributed by atoms with Crippen LogP contribution < -0.4 is 0 Å². The molecule has 1 aromatic carbocycles. The van der Waals surface area contributed by atoms with E-state index in [9.17, 15) is 14.4 Å². The van der Waals surface area contributed by atoms with Crippen molar-refractivity contribution < 1.29 is 19.1 Å². The monoisotopic (exact) mass is 368 g/mol. The number of carbonyl (C=O) groups excluding carboxylic acids is 3. The van der Waals surface area contributed by atoms with Gasteiger partial charge in [-0.05, 0) is 32.3 Å². The highest BCUT2D eigenvalue weighted by Gasteiger charge is 2.31. The molecule has 142 valence electrons. The normalized spacial score (nSPS) is 15.3. The Balaban J connectivity index is 1.86. The molecule has 0 spiro atoms. The minimum atomic E-state index is -0.993. The van der Waals surface area contributed by atoms with E-state index in [0.717, 1.165) is 19.3 Å². The van der Waals surface area contributed by atoms with Gasteiger partial charge < -0.3 is 14.2 Å². The SMILES string of the molecule is CC(=O)c1cc(C(=O)O[C@@H](C(=O)N2CCCCC2)c2ccccc2)n(C)c1. The van der Waals surface area contributed by atoms with E-state index in [1.807, 2.05) is 18.2 Å². The molecule has 27 heavy (non-hydrogen) atoms. The molecule has 1 amide bonds. The Morgan fingerprint density at radius 1 is 1.04 bits per heavy atom. The summed E-state index contributed by atoms with van der Waals surface area (Å²) in [6, 6.07) is 10.5. The van der Waals surface area contributed by atoms with E-state index in [-0.39, 0.29) is 17.4 Å². The summed E-state index contributed by atoms with van der Waals surface area (Å²) in [4.78, 5) is 39.1. The molecular formula is C21H24N2O4. The van der Waals surface area contributed by atoms with E-state index in [4.69, 9.17) is 4.74 Å². The molecule has 1 aliphatic heterocycles. The van der Waals surface area contributed by atoms with Crippen molar-refractivity contribution in [2.75, 3.05) is 13.1 Å². The van der Waals surface area contributed by atoms with Crippen molar-refractivity contribution in [3.05, 3.63) is 59.4 Å². The molecule has 1 fully saturated rings. The molecular weight excluding hydrogens is 344 g/mol. The molecule has 1 aliphatic rings. The number of nitrogens with zero attached hydrogens (tertiary/aromatic N) is 2. The molecule has 6 heteroatoms. The number of hydrogen-bond donors (Lipinski definition) is 0. The predicted octanol–water partition coefficient (Wildman–Crippen LogP) is 3.14. The summed E-state index contributed by atoms with van der Waals surface area (Å²) in [5.41, 5.74) is 1.32. The smallest absolute Gasteiger partial charge is 0.356 e. The lowest BCUT2D eigenvalue weighted by Crippen LogP contribution is -2.40. The Bertz CT molecular complexity index is 835. The van der Waals surface area contributed by atoms with Crippen LogP contribution in [0.1, 0.15) is 58.7 Å². The van der Waals surface area contributed by atoms with Crippen molar-refractivity contribution >= 4 is 17.7 Å². The van der Waals surface area contributed by atoms with Crippen LogP contribution in [0.5, 0.6) is 0 Å². The molecule has 0 unspecified atom stereocenters. The fraction of sp³-hybridized carbons (Fsp3) is 0.381. The van der Waals surface area contributed by atoms with E-state index in [0.29, 0.717) is 24.2 Å². The standard InChI is InChI=1S/C21H24N2O4/c1-15(24)17-13-18(22(2)14-17)21(26)27-19(16-9-5-3-6-10-16)20(25)23-11-7-4-8-12-23/h3,5-6,9-10,13-14,19H,4,7-8,11-12H2,1-2H3/t19-/m1/s1. The van der Waals surface area contributed by atoms with Gasteiger partial charge in [0.05, 0.1) is 0 Å². The molecule has 2 heterocycles. The highest BCUT2D eigenvalue weighted by atomic mass is 16.5. The van der Waals surface area contributed by atoms with Gasteiger partial charge in [0.15, 0.2) is 5.78 Å². The second-order valence-electron chi connectivity index (χ2n) is 6.86. The first kappa shape index (κ1) is 18.9. The number of amides is 1. The van der Waals surface area contributed by atoms with Crippen molar-refractivity contribution in [2.24, 2.45) is 7.05 Å². The average Bonchev–Trinajstić information content (AvgIpc) is 3.09. The van der Waals surface area contributed by atoms with Gasteiger partial charge in [0.2, 0.25) is 6.10 Å². The number of piperidine rings is 1. The number of aromatic nitrogens is 1. The fourth-order valence-electron chi connectivity index (χ4n) is 3.30. The van der Waals surface area contributed by atoms with Crippen LogP contribution in [-0.4, -0.2) is 40.2 Å². The summed E-state index contributed by atoms with van der Waals surface area (Å²) in [6.07, 6.45) is 3.62. The zero-order valence-electron chi connectivity index (χ0n) is 15.7. The Labute approximate surface area is 158 Å². The summed E-state index contributed by atoms with van der Waals surface area (Å²) in [5.74, 6) is -0.951. The highest BCUT2D eigenvalue weighted by molar-refractivity contribution is 5.98. The lowest BCUT2D eigenvalue weighted by molar-refractivity contribution is -0.142. The van der Waals surface area contributed by atoms with Crippen molar-refractivity contribution in [2.45, 2.75) is 32.3 Å². The molecule has 0 saturated carbocycles. The van der Waals surface area contributed by atoms with Crippen LogP contribution in [-0.2, 0) is 16.6 Å². The van der Waals surface area contributed by atoms with E-state index >= 15 is 0 Å². The first-order valence-electron chi connectivity index (χ1n) is 9.19. The van der Waals surface area contributed by atoms with Gasteiger partial charge in [-0.1, -0.05) is 30.3 Å². The summed E-state index contributed by atoms with van der Waals surface area (Å²) < 4.78 is 7.20. The van der Waals surface area contributed by atoms with Crippen molar-refractivity contribution in [3.8, 4) is 0 Å². The molecule has 0 N–H and O–H groups in total. The van der Waals surface area contributed by atoms with E-state index < -0.39 is 12.1 Å². The number of aryl methyl sites for hydroxylation is 1. The Morgan fingerprint density at radius 3 is 2.30 bits per heavy atom. The molecule has 0 bridgehead atoms. The third-order valence-corrected chi connectivity index (χ3v) is 4.84. The molecule has 1 atom stereocenters. The number of carbonyl (C=O) groups is 3. The molecule has 0 radical (unpaired) electrons. The van der Waals surface area contributed by atoms with Crippen LogP contribution in [0.2, 0.25) is 0 Å². The van der Waals surface area contributed by atoms with Crippen LogP contribution in [0.15, 0.2) is 42.6 Å². The molecule has 0 aliphatic carbocycles. The lowest BCUT2D eigenvalue weighted by Gasteiger charge is -2.30. The third kappa shape index (κ3) is 4.27. The number of benzene rings is 1. The van der Waals surface area contributed by atoms with E-state index in [1.54, 1.807) is 34.8 Å². The number of rotatable bonds is 5. The highest BCUT2D eigenvalue weighted by Crippen LogP contribution is 2.24. The van der Waals surface area contributed by atoms with Gasteiger partial charge in [-0.15, -0.1) is 0 Å². The van der Waals surface area contributed by atoms with Gasteiger partial charge >= 0.3 is 5.97 Å². The quantitative estimate of drug-likeness (QED) is 0.601. The Kier molecular flexibility index (Phi) is 5.74. The second-order valence-corrected chi connectivity index (χ2v) is 6.86. The van der Waals surface area contributed by atoms with Gasteiger partial charge in [-0.25, -0.2) is 4.79 Å². The van der Waals surface area contributed by atoms with Crippen molar-refractivity contribution in [3.63, 3.8) is 0 Å². The Morgan fingerprint density at radius 2 is 1.70 bits per heavy atom. The number of Topliss-reactive ketones (excluding diaryl/α,β-unsaturated/α-hetero) is 1. The van der Waals surface area contributed by atoms with Crippen LogP contribution >= 0.6 is 0 Å². The predicted molar refractivity (Wildman–Crippen MR) is 100 cm³/mol. The zero-order chi connectivity index (χ0) is 19.4. The molecule has 3 rings (SSSR count). The van der Waals surface area contributed by atoms with Crippen LogP contribution in [0.25, 0.3) is 0 Å². The number of ether oxygens (including phenoxy) is 1. The van der Waals surface area contributed by atoms with Gasteiger partial charge in [0, 0.05) is 37.5 Å². The molecule has 2 aromatic rings. The maximum atomic E-state index is 13.1. The Hall–Kier alpha value is -2.89. The fourth-order valence-corrected chi connectivity index (χ4v) is 3.30. The van der Waals surface area contributed by atoms with Gasteiger partial charge in [-0.2, -0.15) is 0 Å². The first-order chi connectivity index (χ1) is 13.0. The van der Waals surface area contributed by atoms with E-state index in [1.165, 1.54) is 13.0 Å². The van der Waals surface area contributed by atoms with Gasteiger partial charge in [-0.3, -0.25) is 9.59 Å². The zero-order valence-corrected chi connectivity index (χ0v) is 15.7. The summed E-state index contributed by atoms with van der Waals surface area (Å²) in [5, 5.41) is 0. The topological polar surface area (TPSA) is 68.6 Å². The minimum absolute atomic E-state index is 0.131. The number of hydrogen-bond acceptors (Lipinski definition) is 4. The van der Waals surface area contributed by atoms with E-state index in [2.05, 4.69) is 0 Å². The largest absolute Gasteiger partial charge is 0.443 e. The third-order valence-electron chi connectivity index (χ3n) is 4.84. The molecule has 1 saturated heterocycles. The van der Waals surface area contributed by atoms with Crippen LogP contribution in [0, 0.1) is 0 Å². The second kappa shape index (κ2) is 8.20. The average molecular weight is 368 g/mol. The van der Waals surface area contributed by atoms with Gasteiger partial charge in [0.1, 0.15) is 5.69 Å². The summed E-state index contributed by atoms with van der Waals surface area (Å²) >= 11 is 0. The summed E-state index contributed by atoms with van der Waals surface area (Å²) in [6.45, 7) is 2.80. The maximum Gasteiger partial charge on any atom is 0.356 e.